The van der Waals surface area contributed by atoms with E-state index in [9.17, 15) is 9.59 Å². The van der Waals surface area contributed by atoms with Gasteiger partial charge >= 0.3 is 0 Å². The summed E-state index contributed by atoms with van der Waals surface area (Å²) >= 11 is 0. The minimum Gasteiger partial charge on any atom is -0.354 e. The molecule has 0 aliphatic carbocycles. The van der Waals surface area contributed by atoms with E-state index in [0.717, 1.165) is 50.9 Å². The van der Waals surface area contributed by atoms with Crippen molar-refractivity contribution >= 4 is 24.2 Å². The van der Waals surface area contributed by atoms with Gasteiger partial charge in [0.2, 0.25) is 11.8 Å². The van der Waals surface area contributed by atoms with Gasteiger partial charge in [0.25, 0.3) is 0 Å². The fourth-order valence-corrected chi connectivity index (χ4v) is 4.00. The second kappa shape index (κ2) is 11.4. The first-order chi connectivity index (χ1) is 13.1. The van der Waals surface area contributed by atoms with E-state index in [1.54, 1.807) is 4.90 Å². The topological polar surface area (TPSA) is 64.7 Å². The SMILES string of the molecule is CN(Cc1ccccc1)C(=O)CN1CCCC(CNC(=O)C2CCCN2)C1.Cl. The lowest BCUT2D eigenvalue weighted by atomic mass is 9.97. The molecule has 2 heterocycles. The number of nitrogens with zero attached hydrogens (tertiary/aromatic N) is 2. The highest BCUT2D eigenvalue weighted by molar-refractivity contribution is 5.85. The molecule has 0 radical (unpaired) electrons. The van der Waals surface area contributed by atoms with Gasteiger partial charge in [0, 0.05) is 26.7 Å². The van der Waals surface area contributed by atoms with Crippen LogP contribution in [0.25, 0.3) is 0 Å². The second-order valence-electron chi connectivity index (χ2n) is 7.87. The summed E-state index contributed by atoms with van der Waals surface area (Å²) in [6.07, 6.45) is 4.21. The molecule has 2 unspecified atom stereocenters. The number of piperidine rings is 1. The summed E-state index contributed by atoms with van der Waals surface area (Å²) in [7, 11) is 1.87. The number of likely N-dealkylation sites (tertiary alicyclic amines) is 1. The Morgan fingerprint density at radius 1 is 1.21 bits per heavy atom. The number of nitrogens with one attached hydrogen (secondary N) is 2. The van der Waals surface area contributed by atoms with E-state index in [4.69, 9.17) is 0 Å². The van der Waals surface area contributed by atoms with Crippen LogP contribution >= 0.6 is 12.4 Å². The molecule has 6 nitrogen and oxygen atoms in total. The monoisotopic (exact) mass is 408 g/mol. The molecule has 2 aliphatic heterocycles. The molecule has 2 amide bonds. The summed E-state index contributed by atoms with van der Waals surface area (Å²) in [5.74, 6) is 0.707. The van der Waals surface area contributed by atoms with Gasteiger partial charge in [0.05, 0.1) is 12.6 Å². The van der Waals surface area contributed by atoms with Gasteiger partial charge in [-0.2, -0.15) is 0 Å². The van der Waals surface area contributed by atoms with Crippen LogP contribution in [0.1, 0.15) is 31.2 Å². The summed E-state index contributed by atoms with van der Waals surface area (Å²) in [5.41, 5.74) is 1.15. The summed E-state index contributed by atoms with van der Waals surface area (Å²) in [5, 5.41) is 6.34. The maximum Gasteiger partial charge on any atom is 0.237 e. The standard InChI is InChI=1S/C21H32N4O2.ClH/c1-24(14-17-7-3-2-4-8-17)20(26)16-25-12-6-9-18(15-25)13-23-21(27)19-10-5-11-22-19;/h2-4,7-8,18-19,22H,5-6,9-16H2,1H3,(H,23,27);1H. The lowest BCUT2D eigenvalue weighted by molar-refractivity contribution is -0.132. The Morgan fingerprint density at radius 2 is 2.00 bits per heavy atom. The average molecular weight is 409 g/mol. The summed E-state index contributed by atoms with van der Waals surface area (Å²) in [6, 6.07) is 10.1. The third-order valence-electron chi connectivity index (χ3n) is 5.59. The predicted molar refractivity (Wildman–Crippen MR) is 113 cm³/mol. The zero-order chi connectivity index (χ0) is 19.1. The molecule has 7 heteroatoms. The molecule has 28 heavy (non-hydrogen) atoms. The fourth-order valence-electron chi connectivity index (χ4n) is 4.00. The molecule has 2 aliphatic rings. The molecule has 156 valence electrons. The molecule has 0 aromatic heterocycles. The first kappa shape index (κ1) is 22.7. The quantitative estimate of drug-likeness (QED) is 0.720. The number of likely N-dealkylation sites (N-methyl/N-ethyl adjacent to an activating group) is 1. The highest BCUT2D eigenvalue weighted by Gasteiger charge is 2.25. The van der Waals surface area contributed by atoms with Gasteiger partial charge in [-0.3, -0.25) is 14.5 Å². The van der Waals surface area contributed by atoms with Crippen LogP contribution in [0.4, 0.5) is 0 Å². The van der Waals surface area contributed by atoms with Crippen molar-refractivity contribution in [3.05, 3.63) is 35.9 Å². The van der Waals surface area contributed by atoms with E-state index in [1.807, 2.05) is 37.4 Å². The van der Waals surface area contributed by atoms with Crippen LogP contribution in [0.5, 0.6) is 0 Å². The van der Waals surface area contributed by atoms with Crippen LogP contribution in [0, 0.1) is 5.92 Å². The van der Waals surface area contributed by atoms with Crippen molar-refractivity contribution in [1.29, 1.82) is 0 Å². The molecule has 1 aromatic rings. The molecule has 2 N–H and O–H groups in total. The Kier molecular flexibility index (Phi) is 9.22. The van der Waals surface area contributed by atoms with Gasteiger partial charge < -0.3 is 15.5 Å². The zero-order valence-electron chi connectivity index (χ0n) is 16.7. The highest BCUT2D eigenvalue weighted by Crippen LogP contribution is 2.16. The molecule has 2 fully saturated rings. The van der Waals surface area contributed by atoms with Gasteiger partial charge in [-0.05, 0) is 50.3 Å². The predicted octanol–water partition coefficient (Wildman–Crippen LogP) is 1.65. The lowest BCUT2D eigenvalue weighted by Crippen LogP contribution is -2.47. The number of hydrogen-bond acceptors (Lipinski definition) is 4. The smallest absolute Gasteiger partial charge is 0.237 e. The van der Waals surface area contributed by atoms with Crippen LogP contribution in [-0.4, -0.2) is 67.4 Å². The van der Waals surface area contributed by atoms with Gasteiger partial charge in [-0.15, -0.1) is 12.4 Å². The van der Waals surface area contributed by atoms with Crippen molar-refractivity contribution in [1.82, 2.24) is 20.4 Å². The molecule has 2 atom stereocenters. The number of halogens is 1. The molecular formula is C21H33ClN4O2. The Morgan fingerprint density at radius 3 is 2.71 bits per heavy atom. The van der Waals surface area contributed by atoms with Crippen LogP contribution in [0.3, 0.4) is 0 Å². The van der Waals surface area contributed by atoms with Crippen LogP contribution in [0.2, 0.25) is 0 Å². The maximum absolute atomic E-state index is 12.6. The van der Waals surface area contributed by atoms with Crippen molar-refractivity contribution < 1.29 is 9.59 Å². The summed E-state index contributed by atoms with van der Waals surface area (Å²) in [4.78, 5) is 28.8. The molecule has 0 bridgehead atoms. The minimum absolute atomic E-state index is 0. The van der Waals surface area contributed by atoms with Crippen molar-refractivity contribution in [3.8, 4) is 0 Å². The van der Waals surface area contributed by atoms with E-state index in [0.29, 0.717) is 25.6 Å². The molecular weight excluding hydrogens is 376 g/mol. The Hall–Kier alpha value is -1.63. The Bertz CT molecular complexity index is 622. The van der Waals surface area contributed by atoms with Gasteiger partial charge in [0.15, 0.2) is 0 Å². The summed E-state index contributed by atoms with van der Waals surface area (Å²) < 4.78 is 0. The Balaban J connectivity index is 0.00000280. The van der Waals surface area contributed by atoms with Gasteiger partial charge in [0.1, 0.15) is 0 Å². The van der Waals surface area contributed by atoms with E-state index in [2.05, 4.69) is 15.5 Å². The molecule has 1 aromatic carbocycles. The average Bonchev–Trinajstić information content (AvgIpc) is 3.22. The molecule has 0 spiro atoms. The number of carbonyl (C=O) groups excluding carboxylic acids is 2. The summed E-state index contributed by atoms with van der Waals surface area (Å²) in [6.45, 7) is 4.58. The largest absolute Gasteiger partial charge is 0.354 e. The van der Waals surface area contributed by atoms with Gasteiger partial charge in [-0.1, -0.05) is 30.3 Å². The van der Waals surface area contributed by atoms with Crippen LogP contribution < -0.4 is 10.6 Å². The number of carbonyl (C=O) groups is 2. The fraction of sp³-hybridized carbons (Fsp3) is 0.619. The van der Waals surface area contributed by atoms with E-state index in [1.165, 1.54) is 0 Å². The van der Waals surface area contributed by atoms with Crippen molar-refractivity contribution in [3.63, 3.8) is 0 Å². The molecule has 0 saturated carbocycles. The van der Waals surface area contributed by atoms with Crippen LogP contribution in [-0.2, 0) is 16.1 Å². The number of rotatable bonds is 7. The van der Waals surface area contributed by atoms with Crippen LogP contribution in [0.15, 0.2) is 30.3 Å². The highest BCUT2D eigenvalue weighted by atomic mass is 35.5. The minimum atomic E-state index is -0.0158. The van der Waals surface area contributed by atoms with Crippen molar-refractivity contribution in [2.24, 2.45) is 5.92 Å². The normalized spacial score (nSPS) is 22.3. The third-order valence-corrected chi connectivity index (χ3v) is 5.59. The van der Waals surface area contributed by atoms with Crippen molar-refractivity contribution in [2.45, 2.75) is 38.3 Å². The van der Waals surface area contributed by atoms with Crippen molar-refractivity contribution in [2.75, 3.05) is 39.8 Å². The Labute approximate surface area is 174 Å². The first-order valence-electron chi connectivity index (χ1n) is 10.1. The lowest BCUT2D eigenvalue weighted by Gasteiger charge is -2.33. The zero-order valence-corrected chi connectivity index (χ0v) is 17.5. The van der Waals surface area contributed by atoms with E-state index >= 15 is 0 Å². The number of amides is 2. The molecule has 3 rings (SSSR count). The maximum atomic E-state index is 12.6. The number of benzene rings is 1. The van der Waals surface area contributed by atoms with E-state index in [-0.39, 0.29) is 30.3 Å². The van der Waals surface area contributed by atoms with Gasteiger partial charge in [-0.25, -0.2) is 0 Å². The first-order valence-corrected chi connectivity index (χ1v) is 10.1. The third kappa shape index (κ3) is 6.76. The van der Waals surface area contributed by atoms with E-state index < -0.39 is 0 Å². The number of hydrogen-bond donors (Lipinski definition) is 2. The second-order valence-corrected chi connectivity index (χ2v) is 7.87. The molecule has 2 saturated heterocycles.